The van der Waals surface area contributed by atoms with Gasteiger partial charge < -0.3 is 15.2 Å². The van der Waals surface area contributed by atoms with E-state index in [-0.39, 0.29) is 6.29 Å². The van der Waals surface area contributed by atoms with E-state index in [0.717, 1.165) is 38.3 Å². The van der Waals surface area contributed by atoms with Crippen LogP contribution in [0.3, 0.4) is 0 Å². The number of hydrogen-bond acceptors (Lipinski definition) is 6. The lowest BCUT2D eigenvalue weighted by Gasteiger charge is -2.33. The lowest BCUT2D eigenvalue weighted by atomic mass is 9.97. The summed E-state index contributed by atoms with van der Waals surface area (Å²) < 4.78 is 11.2. The highest BCUT2D eigenvalue weighted by Gasteiger charge is 2.25. The van der Waals surface area contributed by atoms with E-state index in [1.165, 1.54) is 0 Å². The Morgan fingerprint density at radius 3 is 2.75 bits per heavy atom. The molecule has 2 heterocycles. The number of piperidine rings is 1. The fourth-order valence-corrected chi connectivity index (χ4v) is 2.65. The lowest BCUT2D eigenvalue weighted by molar-refractivity contribution is -0.148. The third-order valence-corrected chi connectivity index (χ3v) is 3.52. The Labute approximate surface area is 119 Å². The standard InChI is InChI=1S/C13H25N5O2/c1-3-19-11(20-4-2)9-18-7-5-6-10(8-18)12-15-13(14)17-16-12/h10-11H,3-9H2,1-2H3,(H3,14,15,16,17). The smallest absolute Gasteiger partial charge is 0.239 e. The van der Waals surface area contributed by atoms with Crippen LogP contribution >= 0.6 is 0 Å². The molecule has 0 spiro atoms. The van der Waals surface area contributed by atoms with E-state index in [9.17, 15) is 0 Å². The van der Waals surface area contributed by atoms with Crippen molar-refractivity contribution in [2.75, 3.05) is 38.6 Å². The van der Waals surface area contributed by atoms with Crippen LogP contribution in [0.1, 0.15) is 38.4 Å². The molecule has 2 rings (SSSR count). The van der Waals surface area contributed by atoms with E-state index in [2.05, 4.69) is 20.1 Å². The summed E-state index contributed by atoms with van der Waals surface area (Å²) in [6.07, 6.45) is 2.10. The van der Waals surface area contributed by atoms with Crippen molar-refractivity contribution in [3.05, 3.63) is 5.82 Å². The molecule has 1 aromatic rings. The summed E-state index contributed by atoms with van der Waals surface area (Å²) >= 11 is 0. The highest BCUT2D eigenvalue weighted by atomic mass is 16.7. The van der Waals surface area contributed by atoms with E-state index >= 15 is 0 Å². The van der Waals surface area contributed by atoms with Gasteiger partial charge in [0.2, 0.25) is 5.95 Å². The molecule has 0 radical (unpaired) electrons. The van der Waals surface area contributed by atoms with Gasteiger partial charge in [0.15, 0.2) is 6.29 Å². The van der Waals surface area contributed by atoms with Crippen molar-refractivity contribution in [3.63, 3.8) is 0 Å². The molecule has 1 aromatic heterocycles. The number of aromatic amines is 1. The molecular weight excluding hydrogens is 258 g/mol. The lowest BCUT2D eigenvalue weighted by Crippen LogP contribution is -2.41. The predicted octanol–water partition coefficient (Wildman–Crippen LogP) is 0.965. The van der Waals surface area contributed by atoms with Crippen LogP contribution in [-0.2, 0) is 9.47 Å². The zero-order chi connectivity index (χ0) is 14.4. The van der Waals surface area contributed by atoms with Crippen LogP contribution in [0, 0.1) is 0 Å². The Kier molecular flexibility index (Phi) is 5.75. The van der Waals surface area contributed by atoms with Crippen molar-refractivity contribution in [2.24, 2.45) is 0 Å². The molecule has 7 nitrogen and oxygen atoms in total. The van der Waals surface area contributed by atoms with Crippen molar-refractivity contribution in [1.29, 1.82) is 0 Å². The van der Waals surface area contributed by atoms with Gasteiger partial charge in [0, 0.05) is 32.2 Å². The first-order valence-electron chi connectivity index (χ1n) is 7.36. The number of nitrogens with zero attached hydrogens (tertiary/aromatic N) is 3. The second kappa shape index (κ2) is 7.56. The van der Waals surface area contributed by atoms with Gasteiger partial charge in [-0.25, -0.2) is 0 Å². The summed E-state index contributed by atoms with van der Waals surface area (Å²) in [5.74, 6) is 1.56. The van der Waals surface area contributed by atoms with E-state index < -0.39 is 0 Å². The molecule has 1 aliphatic heterocycles. The van der Waals surface area contributed by atoms with Crippen molar-refractivity contribution in [3.8, 4) is 0 Å². The summed E-state index contributed by atoms with van der Waals surface area (Å²) in [6, 6.07) is 0. The van der Waals surface area contributed by atoms with Crippen LogP contribution in [0.15, 0.2) is 0 Å². The minimum absolute atomic E-state index is 0.149. The second-order valence-electron chi connectivity index (χ2n) is 5.02. The first-order chi connectivity index (χ1) is 9.72. The number of H-pyrrole nitrogens is 1. The van der Waals surface area contributed by atoms with Crippen LogP contribution in [0.4, 0.5) is 5.95 Å². The van der Waals surface area contributed by atoms with Gasteiger partial charge in [-0.3, -0.25) is 10.00 Å². The number of nitrogen functional groups attached to an aromatic ring is 1. The third kappa shape index (κ3) is 4.16. The summed E-state index contributed by atoms with van der Waals surface area (Å²) in [5.41, 5.74) is 5.57. The van der Waals surface area contributed by atoms with E-state index in [4.69, 9.17) is 15.2 Å². The third-order valence-electron chi connectivity index (χ3n) is 3.52. The normalized spacial score (nSPS) is 20.6. The van der Waals surface area contributed by atoms with Crippen LogP contribution < -0.4 is 5.73 Å². The Morgan fingerprint density at radius 2 is 2.15 bits per heavy atom. The number of ether oxygens (including phenoxy) is 2. The molecule has 20 heavy (non-hydrogen) atoms. The second-order valence-corrected chi connectivity index (χ2v) is 5.02. The van der Waals surface area contributed by atoms with E-state index in [1.54, 1.807) is 0 Å². The van der Waals surface area contributed by atoms with Gasteiger partial charge in [0.05, 0.1) is 0 Å². The first-order valence-corrected chi connectivity index (χ1v) is 7.36. The number of likely N-dealkylation sites (tertiary alicyclic amines) is 1. The maximum absolute atomic E-state index is 5.61. The summed E-state index contributed by atoms with van der Waals surface area (Å²) in [4.78, 5) is 6.61. The maximum atomic E-state index is 5.61. The minimum atomic E-state index is -0.149. The minimum Gasteiger partial charge on any atom is -0.367 e. The zero-order valence-electron chi connectivity index (χ0n) is 12.3. The summed E-state index contributed by atoms with van der Waals surface area (Å²) in [6.45, 7) is 8.11. The summed E-state index contributed by atoms with van der Waals surface area (Å²) in [7, 11) is 0. The quantitative estimate of drug-likeness (QED) is 0.725. The van der Waals surface area contributed by atoms with Crippen molar-refractivity contribution >= 4 is 5.95 Å². The molecule has 1 unspecified atom stereocenters. The molecule has 0 aliphatic carbocycles. The molecule has 0 saturated carbocycles. The van der Waals surface area contributed by atoms with Crippen molar-refractivity contribution in [1.82, 2.24) is 20.1 Å². The molecule has 1 aliphatic rings. The molecule has 1 atom stereocenters. The summed E-state index contributed by atoms with van der Waals surface area (Å²) in [5, 5.41) is 6.83. The number of rotatable bonds is 7. The number of anilines is 1. The molecule has 7 heteroatoms. The van der Waals surface area contributed by atoms with Crippen LogP contribution in [0.5, 0.6) is 0 Å². The van der Waals surface area contributed by atoms with Crippen LogP contribution in [-0.4, -0.2) is 59.2 Å². The zero-order valence-corrected chi connectivity index (χ0v) is 12.3. The number of nitrogens with one attached hydrogen (secondary N) is 1. The Hall–Kier alpha value is -1.18. The average molecular weight is 283 g/mol. The molecule has 3 N–H and O–H groups in total. The Bertz CT molecular complexity index is 392. The van der Waals surface area contributed by atoms with Crippen molar-refractivity contribution < 1.29 is 9.47 Å². The van der Waals surface area contributed by atoms with Gasteiger partial charge in [-0.15, -0.1) is 5.10 Å². The molecule has 1 fully saturated rings. The molecule has 0 amide bonds. The fraction of sp³-hybridized carbons (Fsp3) is 0.846. The fourth-order valence-electron chi connectivity index (χ4n) is 2.65. The van der Waals surface area contributed by atoms with Crippen LogP contribution in [0.25, 0.3) is 0 Å². The van der Waals surface area contributed by atoms with Gasteiger partial charge in [-0.2, -0.15) is 4.98 Å². The number of nitrogens with two attached hydrogens (primary N) is 1. The Morgan fingerprint density at radius 1 is 1.40 bits per heavy atom. The largest absolute Gasteiger partial charge is 0.367 e. The van der Waals surface area contributed by atoms with Gasteiger partial charge in [0.25, 0.3) is 0 Å². The van der Waals surface area contributed by atoms with Gasteiger partial charge in [0.1, 0.15) is 5.82 Å². The molecule has 1 saturated heterocycles. The highest BCUT2D eigenvalue weighted by molar-refractivity contribution is 5.15. The highest BCUT2D eigenvalue weighted by Crippen LogP contribution is 2.24. The monoisotopic (exact) mass is 283 g/mol. The first kappa shape index (κ1) is 15.2. The molecular formula is C13H25N5O2. The predicted molar refractivity (Wildman–Crippen MR) is 76.3 cm³/mol. The van der Waals surface area contributed by atoms with Gasteiger partial charge in [-0.05, 0) is 33.2 Å². The topological polar surface area (TPSA) is 89.3 Å². The van der Waals surface area contributed by atoms with Gasteiger partial charge in [-0.1, -0.05) is 0 Å². The molecule has 0 aromatic carbocycles. The SMILES string of the molecule is CCOC(CN1CCCC(c2nc(N)n[nH]2)C1)OCC. The maximum Gasteiger partial charge on any atom is 0.239 e. The average Bonchev–Trinajstić information content (AvgIpc) is 2.86. The molecule has 0 bridgehead atoms. The molecule has 114 valence electrons. The number of hydrogen-bond donors (Lipinski definition) is 2. The van der Waals surface area contributed by atoms with Crippen molar-refractivity contribution in [2.45, 2.75) is 38.9 Å². The van der Waals surface area contributed by atoms with E-state index in [0.29, 0.717) is 25.1 Å². The van der Waals surface area contributed by atoms with Gasteiger partial charge >= 0.3 is 0 Å². The number of aromatic nitrogens is 3. The Balaban J connectivity index is 1.89. The van der Waals surface area contributed by atoms with Crippen LogP contribution in [0.2, 0.25) is 0 Å². The van der Waals surface area contributed by atoms with E-state index in [1.807, 2.05) is 13.8 Å².